The zero-order valence-electron chi connectivity index (χ0n) is 21.4. The van der Waals surface area contributed by atoms with E-state index < -0.39 is 10.0 Å². The number of ether oxygens (including phenoxy) is 3. The lowest BCUT2D eigenvalue weighted by atomic mass is 10.1. The first-order chi connectivity index (χ1) is 18.9. The van der Waals surface area contributed by atoms with E-state index in [4.69, 9.17) is 19.2 Å². The van der Waals surface area contributed by atoms with E-state index in [1.54, 1.807) is 76.2 Å². The molecule has 0 N–H and O–H groups in total. The van der Waals surface area contributed by atoms with Crippen LogP contribution in [0.4, 0.5) is 0 Å². The van der Waals surface area contributed by atoms with E-state index in [0.717, 1.165) is 22.2 Å². The van der Waals surface area contributed by atoms with Crippen LogP contribution in [0.5, 0.6) is 17.2 Å². The van der Waals surface area contributed by atoms with Crippen LogP contribution in [0.3, 0.4) is 0 Å². The lowest BCUT2D eigenvalue weighted by Crippen LogP contribution is -2.11. The van der Waals surface area contributed by atoms with Crippen molar-refractivity contribution in [1.29, 1.82) is 0 Å². The second-order valence-electron chi connectivity index (χ2n) is 8.75. The largest absolute Gasteiger partial charge is 0.493 e. The highest BCUT2D eigenvalue weighted by Crippen LogP contribution is 2.41. The van der Waals surface area contributed by atoms with Crippen LogP contribution in [0.1, 0.15) is 0 Å². The quantitative estimate of drug-likeness (QED) is 0.272. The minimum atomic E-state index is -3.71. The fraction of sp³-hybridized carbons (Fsp3) is 0.103. The maximum Gasteiger partial charge on any atom is 0.268 e. The minimum absolute atomic E-state index is 0.235. The van der Waals surface area contributed by atoms with E-state index in [-0.39, 0.29) is 4.90 Å². The smallest absolute Gasteiger partial charge is 0.268 e. The summed E-state index contributed by atoms with van der Waals surface area (Å²) in [6.45, 7) is 0. The van der Waals surface area contributed by atoms with Gasteiger partial charge in [-0.25, -0.2) is 17.4 Å². The average Bonchev–Trinajstić information content (AvgIpc) is 3.61. The van der Waals surface area contributed by atoms with Gasteiger partial charge in [0.2, 0.25) is 5.75 Å². The van der Waals surface area contributed by atoms with E-state index in [2.05, 4.69) is 4.98 Å². The predicted molar refractivity (Wildman–Crippen MR) is 148 cm³/mol. The monoisotopic (exact) mass is 540 g/mol. The van der Waals surface area contributed by atoms with E-state index in [9.17, 15) is 8.42 Å². The Bertz CT molecular complexity index is 1920. The Morgan fingerprint density at radius 2 is 1.54 bits per heavy atom. The van der Waals surface area contributed by atoms with Gasteiger partial charge in [-0.3, -0.25) is 4.98 Å². The number of hydrogen-bond acceptors (Lipinski definition) is 7. The molecule has 0 aliphatic carbocycles. The first kappa shape index (κ1) is 24.5. The molecule has 0 fully saturated rings. The molecule has 0 radical (unpaired) electrons. The zero-order chi connectivity index (χ0) is 27.1. The molecule has 0 spiro atoms. The van der Waals surface area contributed by atoms with Gasteiger partial charge in [0, 0.05) is 41.3 Å². The molecule has 6 aromatic rings. The topological polar surface area (TPSA) is 97.0 Å². The van der Waals surface area contributed by atoms with Crippen LogP contribution in [-0.2, 0) is 10.0 Å². The van der Waals surface area contributed by atoms with Gasteiger partial charge < -0.3 is 18.6 Å². The molecule has 6 rings (SSSR count). The van der Waals surface area contributed by atoms with Crippen molar-refractivity contribution in [3.8, 4) is 39.8 Å². The van der Waals surface area contributed by atoms with E-state index in [0.29, 0.717) is 34.1 Å². The van der Waals surface area contributed by atoms with Gasteiger partial charge in [-0.1, -0.05) is 24.3 Å². The number of methoxy groups -OCH3 is 3. The van der Waals surface area contributed by atoms with Crippen molar-refractivity contribution < 1.29 is 22.6 Å². The second kappa shape index (κ2) is 9.48. The molecule has 0 atom stereocenters. The van der Waals surface area contributed by atoms with Crippen molar-refractivity contribution in [1.82, 2.24) is 18.3 Å². The number of imidazole rings is 1. The van der Waals surface area contributed by atoms with Gasteiger partial charge >= 0.3 is 0 Å². The van der Waals surface area contributed by atoms with E-state index in [1.165, 1.54) is 3.97 Å². The van der Waals surface area contributed by atoms with Gasteiger partial charge in [-0.15, -0.1) is 0 Å². The number of benzene rings is 3. The van der Waals surface area contributed by atoms with Gasteiger partial charge in [0.25, 0.3) is 10.0 Å². The molecule has 39 heavy (non-hydrogen) atoms. The predicted octanol–water partition coefficient (Wildman–Crippen LogP) is 5.28. The lowest BCUT2D eigenvalue weighted by molar-refractivity contribution is 0.324. The zero-order valence-corrected chi connectivity index (χ0v) is 22.2. The Hall–Kier alpha value is -4.83. The summed E-state index contributed by atoms with van der Waals surface area (Å²) >= 11 is 0. The third-order valence-electron chi connectivity index (χ3n) is 6.56. The molecule has 0 saturated heterocycles. The first-order valence-electron chi connectivity index (χ1n) is 12.0. The summed E-state index contributed by atoms with van der Waals surface area (Å²) in [6, 6.07) is 19.4. The highest BCUT2D eigenvalue weighted by molar-refractivity contribution is 7.90. The van der Waals surface area contributed by atoms with Crippen molar-refractivity contribution in [2.24, 2.45) is 0 Å². The Balaban J connectivity index is 1.43. The summed E-state index contributed by atoms with van der Waals surface area (Å²) in [5.74, 6) is 1.53. The molecule has 3 aromatic heterocycles. The van der Waals surface area contributed by atoms with Crippen molar-refractivity contribution >= 4 is 26.6 Å². The molecular formula is C29H24N4O5S. The van der Waals surface area contributed by atoms with Crippen molar-refractivity contribution in [3.05, 3.63) is 91.5 Å². The first-order valence-corrected chi connectivity index (χ1v) is 13.4. The molecule has 0 bridgehead atoms. The average molecular weight is 541 g/mol. The highest BCUT2D eigenvalue weighted by atomic mass is 32.2. The maximum atomic E-state index is 13.2. The van der Waals surface area contributed by atoms with Crippen LogP contribution in [0.2, 0.25) is 0 Å². The number of hydrogen-bond donors (Lipinski definition) is 0. The summed E-state index contributed by atoms with van der Waals surface area (Å²) in [5, 5.41) is 0.784. The van der Waals surface area contributed by atoms with Crippen molar-refractivity contribution in [2.45, 2.75) is 4.90 Å². The number of rotatable bonds is 7. The van der Waals surface area contributed by atoms with Gasteiger partial charge in [0.05, 0.1) is 37.4 Å². The van der Waals surface area contributed by atoms with Crippen molar-refractivity contribution in [2.75, 3.05) is 21.3 Å². The van der Waals surface area contributed by atoms with Crippen LogP contribution in [0.25, 0.3) is 39.1 Å². The standard InChI is InChI=1S/C29H24N4O5S/c1-36-25-16-21(17-26(37-2)28(25)38-3)27-29-31-23(18-32(29)14-12-30-27)19-9-10-24-20(15-19)11-13-33(24)39(34,35)22-7-5-4-6-8-22/h4-18H,1-3H3. The molecule has 10 heteroatoms. The molecule has 0 amide bonds. The van der Waals surface area contributed by atoms with Crippen LogP contribution in [0, 0.1) is 0 Å². The van der Waals surface area contributed by atoms with Gasteiger partial charge in [0.15, 0.2) is 17.1 Å². The van der Waals surface area contributed by atoms with Crippen LogP contribution >= 0.6 is 0 Å². The SMILES string of the molecule is COc1cc(-c2nccn3cc(-c4ccc5c(ccn5S(=O)(=O)c5ccccc5)c4)nc23)cc(OC)c1OC. The molecule has 0 aliphatic rings. The molecule has 0 aliphatic heterocycles. The summed E-state index contributed by atoms with van der Waals surface area (Å²) in [7, 11) is 0.977. The van der Waals surface area contributed by atoms with E-state index >= 15 is 0 Å². The normalized spacial score (nSPS) is 11.7. The Morgan fingerprint density at radius 1 is 0.795 bits per heavy atom. The molecule has 0 saturated carbocycles. The van der Waals surface area contributed by atoms with Gasteiger partial charge in [0.1, 0.15) is 5.69 Å². The summed E-state index contributed by atoms with van der Waals surface area (Å²) < 4.78 is 46.1. The molecule has 0 unspecified atom stereocenters. The molecule has 196 valence electrons. The van der Waals surface area contributed by atoms with Crippen LogP contribution in [0.15, 0.2) is 96.4 Å². The van der Waals surface area contributed by atoms with Crippen LogP contribution < -0.4 is 14.2 Å². The second-order valence-corrected chi connectivity index (χ2v) is 10.6. The molecule has 3 aromatic carbocycles. The Morgan fingerprint density at radius 3 is 2.23 bits per heavy atom. The van der Waals surface area contributed by atoms with E-state index in [1.807, 2.05) is 41.1 Å². The summed E-state index contributed by atoms with van der Waals surface area (Å²) in [5.41, 5.74) is 4.20. The maximum absolute atomic E-state index is 13.2. The van der Waals surface area contributed by atoms with Gasteiger partial charge in [-0.05, 0) is 42.5 Å². The highest BCUT2D eigenvalue weighted by Gasteiger charge is 2.20. The molecule has 3 heterocycles. The molecule has 9 nitrogen and oxygen atoms in total. The fourth-order valence-corrected chi connectivity index (χ4v) is 6.05. The van der Waals surface area contributed by atoms with Crippen LogP contribution in [-0.4, -0.2) is 48.1 Å². The molecular weight excluding hydrogens is 516 g/mol. The summed E-state index contributed by atoms with van der Waals surface area (Å²) in [4.78, 5) is 9.71. The Kier molecular flexibility index (Phi) is 5.96. The Labute approximate surface area is 224 Å². The fourth-order valence-electron chi connectivity index (χ4n) is 4.67. The number of fused-ring (bicyclic) bond motifs is 2. The third-order valence-corrected chi connectivity index (χ3v) is 8.27. The minimum Gasteiger partial charge on any atom is -0.493 e. The summed E-state index contributed by atoms with van der Waals surface area (Å²) in [6.07, 6.45) is 7.02. The van der Waals surface area contributed by atoms with Gasteiger partial charge in [-0.2, -0.15) is 0 Å². The third kappa shape index (κ3) is 4.05. The van der Waals surface area contributed by atoms with Crippen molar-refractivity contribution in [3.63, 3.8) is 0 Å². The number of aromatic nitrogens is 4. The number of nitrogens with zero attached hydrogens (tertiary/aromatic N) is 4. The lowest BCUT2D eigenvalue weighted by Gasteiger charge is -2.14.